The first-order valence-corrected chi connectivity index (χ1v) is 5.38. The summed E-state index contributed by atoms with van der Waals surface area (Å²) in [6, 6.07) is 1.59. The van der Waals surface area contributed by atoms with Crippen LogP contribution in [0.3, 0.4) is 0 Å². The predicted molar refractivity (Wildman–Crippen MR) is 62.2 cm³/mol. The third-order valence-electron chi connectivity index (χ3n) is 2.00. The first kappa shape index (κ1) is 13.0. The van der Waals surface area contributed by atoms with Gasteiger partial charge in [0.2, 0.25) is 0 Å². The average Bonchev–Trinajstić information content (AvgIpc) is 2.21. The van der Waals surface area contributed by atoms with Crippen molar-refractivity contribution in [1.82, 2.24) is 10.2 Å². The number of carboxylic acid groups (broad SMARTS) is 1. The molecule has 0 unspecified atom stereocenters. The fraction of sp³-hybridized carbons (Fsp3) is 0.444. The molecule has 0 aliphatic heterocycles. The molecular weight excluding hydrogens is 253 g/mol. The van der Waals surface area contributed by atoms with Crippen molar-refractivity contribution in [3.05, 3.63) is 16.4 Å². The molecule has 7 heteroatoms. The van der Waals surface area contributed by atoms with E-state index in [0.717, 1.165) is 0 Å². The van der Waals surface area contributed by atoms with E-state index in [1.165, 1.54) is 0 Å². The smallest absolute Gasteiger partial charge is 0.303 e. The van der Waals surface area contributed by atoms with Crippen molar-refractivity contribution < 1.29 is 9.90 Å². The second-order valence-corrected chi connectivity index (χ2v) is 4.01. The molecule has 0 spiro atoms. The van der Waals surface area contributed by atoms with Gasteiger partial charge in [0, 0.05) is 26.1 Å². The minimum atomic E-state index is -0.814. The molecule has 88 valence electrons. The molecule has 1 heterocycles. The van der Waals surface area contributed by atoms with Gasteiger partial charge in [-0.05, 0) is 6.42 Å². The molecule has 16 heavy (non-hydrogen) atoms. The van der Waals surface area contributed by atoms with Gasteiger partial charge in [0.25, 0.3) is 0 Å². The van der Waals surface area contributed by atoms with Crippen molar-refractivity contribution in [2.75, 3.05) is 18.5 Å². The van der Waals surface area contributed by atoms with Crippen LogP contribution < -0.4 is 4.90 Å². The quantitative estimate of drug-likeness (QED) is 0.881. The normalized spacial score (nSPS) is 10.2. The van der Waals surface area contributed by atoms with Crippen molar-refractivity contribution in [2.24, 2.45) is 0 Å². The average molecular weight is 264 g/mol. The Bertz CT molecular complexity index is 387. The number of anilines is 1. The highest BCUT2D eigenvalue weighted by Gasteiger charge is 2.09. The summed E-state index contributed by atoms with van der Waals surface area (Å²) in [7, 11) is 1.79. The highest BCUT2D eigenvalue weighted by molar-refractivity contribution is 6.33. The molecule has 0 saturated heterocycles. The molecule has 1 N–H and O–H groups in total. The Balaban J connectivity index is 2.61. The maximum absolute atomic E-state index is 10.4. The van der Waals surface area contributed by atoms with Gasteiger partial charge in [-0.3, -0.25) is 4.79 Å². The van der Waals surface area contributed by atoms with E-state index >= 15 is 0 Å². The van der Waals surface area contributed by atoms with E-state index in [0.29, 0.717) is 18.7 Å². The summed E-state index contributed by atoms with van der Waals surface area (Å²) >= 11 is 11.5. The van der Waals surface area contributed by atoms with Crippen molar-refractivity contribution in [3.63, 3.8) is 0 Å². The predicted octanol–water partition coefficient (Wildman–Crippen LogP) is 2.08. The Kier molecular flexibility index (Phi) is 4.76. The summed E-state index contributed by atoms with van der Waals surface area (Å²) in [5.74, 6) is -0.814. The molecule has 1 aromatic rings. The van der Waals surface area contributed by atoms with Gasteiger partial charge in [-0.15, -0.1) is 10.2 Å². The van der Waals surface area contributed by atoms with E-state index in [4.69, 9.17) is 28.3 Å². The van der Waals surface area contributed by atoms with Crippen molar-refractivity contribution >= 4 is 34.9 Å². The second-order valence-electron chi connectivity index (χ2n) is 3.26. The summed E-state index contributed by atoms with van der Waals surface area (Å²) in [4.78, 5) is 12.1. The lowest BCUT2D eigenvalue weighted by atomic mass is 10.3. The fourth-order valence-electron chi connectivity index (χ4n) is 1.20. The van der Waals surface area contributed by atoms with Crippen molar-refractivity contribution in [3.8, 4) is 0 Å². The van der Waals surface area contributed by atoms with Crippen LogP contribution in [0.5, 0.6) is 0 Å². The van der Waals surface area contributed by atoms with Crippen LogP contribution in [0.25, 0.3) is 0 Å². The maximum Gasteiger partial charge on any atom is 0.303 e. The second kappa shape index (κ2) is 5.86. The van der Waals surface area contributed by atoms with Crippen LogP contribution >= 0.6 is 23.2 Å². The topological polar surface area (TPSA) is 66.3 Å². The van der Waals surface area contributed by atoms with Crippen LogP contribution in [-0.4, -0.2) is 34.9 Å². The standard InChI is InChI=1S/C9H11Cl2N3O2/c1-14(4-2-3-8(15)16)6-5-7(10)12-13-9(6)11/h5H,2-4H2,1H3,(H,15,16). The molecule has 0 fully saturated rings. The lowest BCUT2D eigenvalue weighted by Crippen LogP contribution is -2.20. The molecule has 0 aliphatic rings. The van der Waals surface area contributed by atoms with Crippen LogP contribution in [0.1, 0.15) is 12.8 Å². The number of nitrogens with zero attached hydrogens (tertiary/aromatic N) is 3. The summed E-state index contributed by atoms with van der Waals surface area (Å²) in [6.45, 7) is 0.564. The monoisotopic (exact) mass is 263 g/mol. The first-order valence-electron chi connectivity index (χ1n) is 4.62. The number of carboxylic acids is 1. The zero-order valence-corrected chi connectivity index (χ0v) is 10.2. The fourth-order valence-corrected chi connectivity index (χ4v) is 1.58. The summed E-state index contributed by atoms with van der Waals surface area (Å²) in [5.41, 5.74) is 0.645. The lowest BCUT2D eigenvalue weighted by Gasteiger charge is -2.19. The largest absolute Gasteiger partial charge is 0.481 e. The van der Waals surface area contributed by atoms with Gasteiger partial charge in [0.15, 0.2) is 10.3 Å². The third kappa shape index (κ3) is 3.83. The van der Waals surface area contributed by atoms with E-state index in [1.807, 2.05) is 0 Å². The molecule has 0 radical (unpaired) electrons. The molecule has 0 atom stereocenters. The van der Waals surface area contributed by atoms with E-state index in [-0.39, 0.29) is 16.7 Å². The van der Waals surface area contributed by atoms with Gasteiger partial charge in [0.05, 0.1) is 5.69 Å². The third-order valence-corrected chi connectivity index (χ3v) is 2.45. The summed E-state index contributed by atoms with van der Waals surface area (Å²) < 4.78 is 0. The van der Waals surface area contributed by atoms with Crippen LogP contribution in [-0.2, 0) is 4.79 Å². The van der Waals surface area contributed by atoms with Gasteiger partial charge in [-0.2, -0.15) is 0 Å². The Morgan fingerprint density at radius 1 is 1.50 bits per heavy atom. The van der Waals surface area contributed by atoms with E-state index < -0.39 is 5.97 Å². The lowest BCUT2D eigenvalue weighted by molar-refractivity contribution is -0.137. The zero-order chi connectivity index (χ0) is 12.1. The molecule has 0 aliphatic carbocycles. The van der Waals surface area contributed by atoms with E-state index in [1.54, 1.807) is 18.0 Å². The number of hydrogen-bond donors (Lipinski definition) is 1. The highest BCUT2D eigenvalue weighted by Crippen LogP contribution is 2.24. The SMILES string of the molecule is CN(CCCC(=O)O)c1cc(Cl)nnc1Cl. The Hall–Kier alpha value is -1.07. The number of hydrogen-bond acceptors (Lipinski definition) is 4. The minimum absolute atomic E-state index is 0.119. The molecule has 0 bridgehead atoms. The minimum Gasteiger partial charge on any atom is -0.481 e. The number of aliphatic carboxylic acids is 1. The van der Waals surface area contributed by atoms with E-state index in [9.17, 15) is 4.79 Å². The van der Waals surface area contributed by atoms with Crippen molar-refractivity contribution in [2.45, 2.75) is 12.8 Å². The molecule has 5 nitrogen and oxygen atoms in total. The Labute approximate surface area is 103 Å². The van der Waals surface area contributed by atoms with Gasteiger partial charge in [-0.1, -0.05) is 23.2 Å². The molecule has 0 aromatic carbocycles. The van der Waals surface area contributed by atoms with Crippen LogP contribution in [0.15, 0.2) is 6.07 Å². The Morgan fingerprint density at radius 2 is 2.19 bits per heavy atom. The zero-order valence-electron chi connectivity index (χ0n) is 8.65. The molecule has 0 amide bonds. The van der Waals surface area contributed by atoms with Gasteiger partial charge < -0.3 is 10.0 Å². The van der Waals surface area contributed by atoms with Crippen LogP contribution in [0.2, 0.25) is 10.3 Å². The van der Waals surface area contributed by atoms with E-state index in [2.05, 4.69) is 10.2 Å². The number of rotatable bonds is 5. The highest BCUT2D eigenvalue weighted by atomic mass is 35.5. The molecule has 0 saturated carbocycles. The van der Waals surface area contributed by atoms with Gasteiger partial charge in [-0.25, -0.2) is 0 Å². The number of carbonyl (C=O) groups is 1. The number of halogens is 2. The van der Waals surface area contributed by atoms with Gasteiger partial charge in [0.1, 0.15) is 0 Å². The van der Waals surface area contributed by atoms with Crippen molar-refractivity contribution in [1.29, 1.82) is 0 Å². The maximum atomic E-state index is 10.4. The summed E-state index contributed by atoms with van der Waals surface area (Å²) in [6.07, 6.45) is 0.649. The number of aromatic nitrogens is 2. The van der Waals surface area contributed by atoms with Crippen LogP contribution in [0, 0.1) is 0 Å². The first-order chi connectivity index (χ1) is 7.50. The summed E-state index contributed by atoms with van der Waals surface area (Å²) in [5, 5.41) is 16.3. The molecule has 1 aromatic heterocycles. The Morgan fingerprint density at radius 3 is 2.81 bits per heavy atom. The van der Waals surface area contributed by atoms with Gasteiger partial charge >= 0.3 is 5.97 Å². The van der Waals surface area contributed by atoms with Crippen LogP contribution in [0.4, 0.5) is 5.69 Å². The molecule has 1 rings (SSSR count). The molecular formula is C9H11Cl2N3O2.